The molecule has 5 heteroatoms. The van der Waals surface area contributed by atoms with Crippen LogP contribution in [0.15, 0.2) is 28.7 Å². The fourth-order valence-electron chi connectivity index (χ4n) is 2.83. The van der Waals surface area contributed by atoms with E-state index in [0.717, 1.165) is 29.8 Å². The minimum absolute atomic E-state index is 0.129. The van der Waals surface area contributed by atoms with E-state index in [1.807, 2.05) is 18.2 Å². The average Bonchev–Trinajstić information content (AvgIpc) is 2.94. The standard InChI is InChI=1S/C17H19NO4/c1-11-13(10-19)9-16(22-11)17(20)18-7-3-4-12-8-14(21-2)5-6-15(12)18/h5-6,8-9,19H,3-4,7,10H2,1-2H3. The number of aliphatic hydroxyl groups is 1. The first kappa shape index (κ1) is 14.7. The van der Waals surface area contributed by atoms with Crippen molar-refractivity contribution in [1.29, 1.82) is 0 Å². The summed E-state index contributed by atoms with van der Waals surface area (Å²) in [5.41, 5.74) is 2.65. The number of anilines is 1. The van der Waals surface area contributed by atoms with E-state index in [9.17, 15) is 9.90 Å². The minimum Gasteiger partial charge on any atom is -0.497 e. The Kier molecular flexibility index (Phi) is 3.90. The Balaban J connectivity index is 1.94. The normalized spacial score (nSPS) is 13.9. The van der Waals surface area contributed by atoms with Crippen LogP contribution in [0.5, 0.6) is 5.75 Å². The molecule has 0 unspecified atom stereocenters. The summed E-state index contributed by atoms with van der Waals surface area (Å²) < 4.78 is 10.7. The van der Waals surface area contributed by atoms with Gasteiger partial charge in [-0.2, -0.15) is 0 Å². The van der Waals surface area contributed by atoms with Crippen LogP contribution in [0, 0.1) is 6.92 Å². The molecule has 116 valence electrons. The number of fused-ring (bicyclic) bond motifs is 1. The summed E-state index contributed by atoms with van der Waals surface area (Å²) in [6.45, 7) is 2.28. The van der Waals surface area contributed by atoms with Crippen molar-refractivity contribution in [2.24, 2.45) is 0 Å². The number of carbonyl (C=O) groups excluding carboxylic acids is 1. The van der Waals surface area contributed by atoms with E-state index in [1.165, 1.54) is 0 Å². The number of furan rings is 1. The maximum Gasteiger partial charge on any atom is 0.293 e. The van der Waals surface area contributed by atoms with E-state index < -0.39 is 0 Å². The Bertz CT molecular complexity index is 705. The third kappa shape index (κ3) is 2.48. The van der Waals surface area contributed by atoms with Crippen LogP contribution in [0.25, 0.3) is 0 Å². The molecule has 3 rings (SSSR count). The molecule has 0 saturated heterocycles. The first-order valence-corrected chi connectivity index (χ1v) is 7.33. The summed E-state index contributed by atoms with van der Waals surface area (Å²) in [5.74, 6) is 1.47. The van der Waals surface area contributed by atoms with E-state index in [-0.39, 0.29) is 18.3 Å². The quantitative estimate of drug-likeness (QED) is 0.946. The van der Waals surface area contributed by atoms with E-state index in [2.05, 4.69) is 0 Å². The molecule has 2 aromatic rings. The van der Waals surface area contributed by atoms with E-state index in [1.54, 1.807) is 25.0 Å². The maximum absolute atomic E-state index is 12.7. The Morgan fingerprint density at radius 1 is 1.41 bits per heavy atom. The van der Waals surface area contributed by atoms with Crippen LogP contribution in [0.4, 0.5) is 5.69 Å². The predicted octanol–water partition coefficient (Wildman–Crippen LogP) is 2.68. The molecule has 1 aromatic heterocycles. The smallest absolute Gasteiger partial charge is 0.293 e. The molecule has 0 atom stereocenters. The van der Waals surface area contributed by atoms with E-state index in [4.69, 9.17) is 9.15 Å². The molecule has 5 nitrogen and oxygen atoms in total. The molecule has 1 aliphatic heterocycles. The molecule has 0 spiro atoms. The number of methoxy groups -OCH3 is 1. The SMILES string of the molecule is COc1ccc2c(c1)CCCN2C(=O)c1cc(CO)c(C)o1. The topological polar surface area (TPSA) is 62.9 Å². The van der Waals surface area contributed by atoms with Gasteiger partial charge in [0.25, 0.3) is 5.91 Å². The van der Waals surface area contributed by atoms with E-state index >= 15 is 0 Å². The van der Waals surface area contributed by atoms with Gasteiger partial charge in [0.05, 0.1) is 13.7 Å². The second-order valence-electron chi connectivity index (χ2n) is 5.41. The minimum atomic E-state index is -0.172. The summed E-state index contributed by atoms with van der Waals surface area (Å²) >= 11 is 0. The molecule has 22 heavy (non-hydrogen) atoms. The summed E-state index contributed by atoms with van der Waals surface area (Å²) in [4.78, 5) is 14.5. The van der Waals surface area contributed by atoms with Gasteiger partial charge in [0.1, 0.15) is 11.5 Å². The lowest BCUT2D eigenvalue weighted by Crippen LogP contribution is -2.35. The summed E-state index contributed by atoms with van der Waals surface area (Å²) in [7, 11) is 1.63. The predicted molar refractivity (Wildman–Crippen MR) is 82.4 cm³/mol. The molecule has 1 aromatic carbocycles. The highest BCUT2D eigenvalue weighted by molar-refractivity contribution is 6.05. The number of rotatable bonds is 3. The number of hydrogen-bond donors (Lipinski definition) is 1. The number of aryl methyl sites for hydroxylation is 2. The average molecular weight is 301 g/mol. The molecule has 1 N–H and O–H groups in total. The maximum atomic E-state index is 12.7. The van der Waals surface area contributed by atoms with Crippen LogP contribution in [-0.4, -0.2) is 24.7 Å². The number of aliphatic hydroxyl groups excluding tert-OH is 1. The lowest BCUT2D eigenvalue weighted by Gasteiger charge is -2.29. The molecule has 1 amide bonds. The molecule has 2 heterocycles. The lowest BCUT2D eigenvalue weighted by atomic mass is 10.0. The first-order chi connectivity index (χ1) is 10.6. The van der Waals surface area contributed by atoms with Crippen molar-refractivity contribution in [2.75, 3.05) is 18.6 Å². The Labute approximate surface area is 129 Å². The van der Waals surface area contributed by atoms with Crippen molar-refractivity contribution in [1.82, 2.24) is 0 Å². The molecular weight excluding hydrogens is 282 g/mol. The van der Waals surface area contributed by atoms with Crippen LogP contribution < -0.4 is 9.64 Å². The molecule has 0 fully saturated rings. The van der Waals surface area contributed by atoms with Crippen molar-refractivity contribution in [3.63, 3.8) is 0 Å². The third-order valence-electron chi connectivity index (χ3n) is 4.05. The molecule has 0 saturated carbocycles. The highest BCUT2D eigenvalue weighted by Crippen LogP contribution is 2.32. The lowest BCUT2D eigenvalue weighted by molar-refractivity contribution is 0.0957. The molecular formula is C17H19NO4. The highest BCUT2D eigenvalue weighted by atomic mass is 16.5. The van der Waals surface area contributed by atoms with Crippen LogP contribution in [-0.2, 0) is 13.0 Å². The van der Waals surface area contributed by atoms with Gasteiger partial charge in [0.2, 0.25) is 0 Å². The van der Waals surface area contributed by atoms with Crippen LogP contribution in [0.3, 0.4) is 0 Å². The first-order valence-electron chi connectivity index (χ1n) is 7.33. The van der Waals surface area contributed by atoms with Crippen molar-refractivity contribution in [2.45, 2.75) is 26.4 Å². The summed E-state index contributed by atoms with van der Waals surface area (Å²) in [5, 5.41) is 9.24. The fraction of sp³-hybridized carbons (Fsp3) is 0.353. The number of amides is 1. The fourth-order valence-corrected chi connectivity index (χ4v) is 2.83. The number of benzene rings is 1. The van der Waals surface area contributed by atoms with Crippen molar-refractivity contribution in [3.05, 3.63) is 46.9 Å². The second kappa shape index (κ2) is 5.85. The molecule has 0 bridgehead atoms. The van der Waals surface area contributed by atoms with Gasteiger partial charge in [-0.3, -0.25) is 4.79 Å². The van der Waals surface area contributed by atoms with Crippen molar-refractivity contribution < 1.29 is 19.1 Å². The monoisotopic (exact) mass is 301 g/mol. The third-order valence-corrected chi connectivity index (χ3v) is 4.05. The number of carbonyl (C=O) groups is 1. The zero-order chi connectivity index (χ0) is 15.7. The molecule has 0 radical (unpaired) electrons. The van der Waals surface area contributed by atoms with Gasteiger partial charge in [-0.15, -0.1) is 0 Å². The number of nitrogens with zero attached hydrogens (tertiary/aromatic N) is 1. The summed E-state index contributed by atoms with van der Waals surface area (Å²) in [6.07, 6.45) is 1.83. The van der Waals surface area contributed by atoms with Gasteiger partial charge >= 0.3 is 0 Å². The van der Waals surface area contributed by atoms with Gasteiger partial charge in [-0.25, -0.2) is 0 Å². The Morgan fingerprint density at radius 2 is 2.23 bits per heavy atom. The second-order valence-corrected chi connectivity index (χ2v) is 5.41. The zero-order valence-electron chi connectivity index (χ0n) is 12.8. The van der Waals surface area contributed by atoms with Gasteiger partial charge in [0, 0.05) is 17.8 Å². The zero-order valence-corrected chi connectivity index (χ0v) is 12.8. The molecule has 1 aliphatic rings. The Morgan fingerprint density at radius 3 is 2.91 bits per heavy atom. The largest absolute Gasteiger partial charge is 0.497 e. The van der Waals surface area contributed by atoms with Crippen LogP contribution in [0.2, 0.25) is 0 Å². The van der Waals surface area contributed by atoms with Gasteiger partial charge in [-0.05, 0) is 49.6 Å². The number of hydrogen-bond acceptors (Lipinski definition) is 4. The van der Waals surface area contributed by atoms with Crippen molar-refractivity contribution >= 4 is 11.6 Å². The summed E-state index contributed by atoms with van der Waals surface area (Å²) in [6, 6.07) is 7.36. The van der Waals surface area contributed by atoms with Crippen molar-refractivity contribution in [3.8, 4) is 5.75 Å². The van der Waals surface area contributed by atoms with Gasteiger partial charge in [-0.1, -0.05) is 0 Å². The van der Waals surface area contributed by atoms with E-state index in [0.29, 0.717) is 17.9 Å². The van der Waals surface area contributed by atoms with Gasteiger partial charge < -0.3 is 19.2 Å². The van der Waals surface area contributed by atoms with Gasteiger partial charge in [0.15, 0.2) is 5.76 Å². The Hall–Kier alpha value is -2.27. The van der Waals surface area contributed by atoms with Crippen LogP contribution >= 0.6 is 0 Å². The molecule has 0 aliphatic carbocycles. The highest BCUT2D eigenvalue weighted by Gasteiger charge is 2.26. The van der Waals surface area contributed by atoms with Crippen LogP contribution in [0.1, 0.15) is 33.9 Å². The number of ether oxygens (including phenoxy) is 1.